The molecule has 0 aliphatic rings. The molecule has 0 spiro atoms. The zero-order valence-electron chi connectivity index (χ0n) is 12.6. The van der Waals surface area contributed by atoms with Crippen LogP contribution in [0.2, 0.25) is 5.02 Å². The third-order valence-corrected chi connectivity index (χ3v) is 5.14. The Morgan fingerprint density at radius 1 is 1.32 bits per heavy atom. The molecular weight excluding hydrogens is 324 g/mol. The second-order valence-electron chi connectivity index (χ2n) is 4.93. The highest BCUT2D eigenvalue weighted by Crippen LogP contribution is 2.19. The fourth-order valence-corrected chi connectivity index (χ4v) is 2.95. The predicted octanol–water partition coefficient (Wildman–Crippen LogP) is 3.38. The molecule has 0 atom stereocenters. The van der Waals surface area contributed by atoms with Crippen molar-refractivity contribution in [3.63, 3.8) is 0 Å². The molecule has 5 nitrogen and oxygen atoms in total. The molecule has 1 aromatic carbocycles. The summed E-state index contributed by atoms with van der Waals surface area (Å²) in [6, 6.07) is 7.05. The lowest BCUT2D eigenvalue weighted by molar-refractivity contribution is 0.390. The minimum absolute atomic E-state index is 0.205. The van der Waals surface area contributed by atoms with Gasteiger partial charge in [-0.1, -0.05) is 35.0 Å². The van der Waals surface area contributed by atoms with Gasteiger partial charge in [0, 0.05) is 29.6 Å². The number of aryl methyl sites for hydroxylation is 2. The molecule has 0 unspecified atom stereocenters. The van der Waals surface area contributed by atoms with Crippen LogP contribution in [-0.4, -0.2) is 24.9 Å². The van der Waals surface area contributed by atoms with Gasteiger partial charge in [0.1, 0.15) is 5.76 Å². The first-order chi connectivity index (χ1) is 10.3. The van der Waals surface area contributed by atoms with E-state index in [-0.39, 0.29) is 6.54 Å². The van der Waals surface area contributed by atoms with E-state index in [4.69, 9.17) is 16.1 Å². The van der Waals surface area contributed by atoms with E-state index in [1.165, 1.54) is 17.4 Å². The van der Waals surface area contributed by atoms with Crippen LogP contribution in [0.5, 0.6) is 0 Å². The van der Waals surface area contributed by atoms with E-state index in [0.717, 1.165) is 11.0 Å². The lowest BCUT2D eigenvalue weighted by Gasteiger charge is -2.14. The van der Waals surface area contributed by atoms with Crippen LogP contribution in [0.15, 0.2) is 34.2 Å². The maximum atomic E-state index is 12.3. The molecule has 1 aromatic heterocycles. The highest BCUT2D eigenvalue weighted by atomic mass is 35.5. The quantitative estimate of drug-likeness (QED) is 0.837. The van der Waals surface area contributed by atoms with Crippen molar-refractivity contribution < 1.29 is 12.9 Å². The molecular formula is C15H17ClN2O3S. The van der Waals surface area contributed by atoms with Crippen LogP contribution in [0.1, 0.15) is 22.6 Å². The first-order valence-electron chi connectivity index (χ1n) is 6.62. The number of rotatable bonds is 5. The average Bonchev–Trinajstić information content (AvgIpc) is 2.78. The Morgan fingerprint density at radius 2 is 2.00 bits per heavy atom. The van der Waals surface area contributed by atoms with Gasteiger partial charge in [0.05, 0.1) is 5.69 Å². The van der Waals surface area contributed by atoms with Gasteiger partial charge in [-0.3, -0.25) is 0 Å². The van der Waals surface area contributed by atoms with Gasteiger partial charge in [0.15, 0.2) is 0 Å². The van der Waals surface area contributed by atoms with Crippen molar-refractivity contribution in [2.45, 2.75) is 20.4 Å². The van der Waals surface area contributed by atoms with E-state index in [9.17, 15) is 8.42 Å². The molecule has 0 N–H and O–H groups in total. The Kier molecular flexibility index (Phi) is 5.05. The molecule has 2 rings (SSSR count). The second-order valence-corrected chi connectivity index (χ2v) is 7.26. The van der Waals surface area contributed by atoms with Crippen LogP contribution < -0.4 is 0 Å². The SMILES string of the molecule is Cc1noc(C)c1CN(C)S(=O)(=O)C=Cc1ccccc1Cl. The summed E-state index contributed by atoms with van der Waals surface area (Å²) in [7, 11) is -2.05. The van der Waals surface area contributed by atoms with Crippen molar-refractivity contribution in [1.82, 2.24) is 9.46 Å². The number of halogens is 1. The number of benzene rings is 1. The smallest absolute Gasteiger partial charge is 0.236 e. The number of hydrogen-bond donors (Lipinski definition) is 0. The molecule has 0 bridgehead atoms. The molecule has 0 aliphatic heterocycles. The van der Waals surface area contributed by atoms with Crippen LogP contribution in [0.3, 0.4) is 0 Å². The van der Waals surface area contributed by atoms with Crippen LogP contribution in [0.4, 0.5) is 0 Å². The van der Waals surface area contributed by atoms with Gasteiger partial charge < -0.3 is 4.52 Å². The summed E-state index contributed by atoms with van der Waals surface area (Å²) in [6.07, 6.45) is 1.49. The zero-order valence-corrected chi connectivity index (χ0v) is 14.1. The van der Waals surface area contributed by atoms with Gasteiger partial charge in [-0.15, -0.1) is 0 Å². The van der Waals surface area contributed by atoms with E-state index in [2.05, 4.69) is 5.16 Å². The molecule has 0 saturated heterocycles. The Hall–Kier alpha value is -1.63. The summed E-state index contributed by atoms with van der Waals surface area (Å²) in [6.45, 7) is 3.75. The predicted molar refractivity (Wildman–Crippen MR) is 86.8 cm³/mol. The third kappa shape index (κ3) is 3.76. The summed E-state index contributed by atoms with van der Waals surface area (Å²) >= 11 is 6.01. The zero-order chi connectivity index (χ0) is 16.3. The summed E-state index contributed by atoms with van der Waals surface area (Å²) in [5.41, 5.74) is 2.12. The van der Waals surface area contributed by atoms with Gasteiger partial charge >= 0.3 is 0 Å². The fraction of sp³-hybridized carbons (Fsp3) is 0.267. The molecule has 0 amide bonds. The second kappa shape index (κ2) is 6.64. The molecule has 1 heterocycles. The third-order valence-electron chi connectivity index (χ3n) is 3.32. The van der Waals surface area contributed by atoms with Crippen LogP contribution in [0.25, 0.3) is 6.08 Å². The van der Waals surface area contributed by atoms with Crippen molar-refractivity contribution in [2.24, 2.45) is 0 Å². The van der Waals surface area contributed by atoms with Gasteiger partial charge in [0.2, 0.25) is 10.0 Å². The Labute approximate surface area is 135 Å². The highest BCUT2D eigenvalue weighted by Gasteiger charge is 2.19. The molecule has 2 aromatic rings. The van der Waals surface area contributed by atoms with E-state index in [1.807, 2.05) is 0 Å². The number of sulfonamides is 1. The Bertz CT molecular complexity index is 777. The molecule has 0 aliphatic carbocycles. The maximum Gasteiger partial charge on any atom is 0.236 e. The normalized spacial score (nSPS) is 12.4. The van der Waals surface area contributed by atoms with E-state index in [1.54, 1.807) is 38.1 Å². The first-order valence-corrected chi connectivity index (χ1v) is 8.50. The van der Waals surface area contributed by atoms with Gasteiger partial charge in [-0.2, -0.15) is 4.31 Å². The minimum atomic E-state index is -3.56. The lowest BCUT2D eigenvalue weighted by Crippen LogP contribution is -2.24. The van der Waals surface area contributed by atoms with Crippen molar-refractivity contribution in [3.8, 4) is 0 Å². The molecule has 0 saturated carbocycles. The summed E-state index contributed by atoms with van der Waals surface area (Å²) in [4.78, 5) is 0. The maximum absolute atomic E-state index is 12.3. The van der Waals surface area contributed by atoms with E-state index >= 15 is 0 Å². The van der Waals surface area contributed by atoms with E-state index < -0.39 is 10.0 Å². The molecule has 118 valence electrons. The largest absolute Gasteiger partial charge is 0.361 e. The highest BCUT2D eigenvalue weighted by molar-refractivity contribution is 7.92. The molecule has 7 heteroatoms. The van der Waals surface area contributed by atoms with Crippen molar-refractivity contribution in [2.75, 3.05) is 7.05 Å². The molecule has 0 radical (unpaired) electrons. The number of aromatic nitrogens is 1. The van der Waals surface area contributed by atoms with Crippen molar-refractivity contribution in [3.05, 3.63) is 57.3 Å². The number of nitrogens with zero attached hydrogens (tertiary/aromatic N) is 2. The van der Waals surface area contributed by atoms with Gasteiger partial charge in [0.25, 0.3) is 0 Å². The minimum Gasteiger partial charge on any atom is -0.361 e. The molecule has 0 fully saturated rings. The van der Waals surface area contributed by atoms with Crippen molar-refractivity contribution in [1.29, 1.82) is 0 Å². The van der Waals surface area contributed by atoms with E-state index in [0.29, 0.717) is 22.0 Å². The fourth-order valence-electron chi connectivity index (χ4n) is 1.91. The van der Waals surface area contributed by atoms with Gasteiger partial charge in [-0.05, 0) is 31.6 Å². The first kappa shape index (κ1) is 16.7. The van der Waals surface area contributed by atoms with Crippen molar-refractivity contribution >= 4 is 27.7 Å². The molecule has 22 heavy (non-hydrogen) atoms. The topological polar surface area (TPSA) is 63.4 Å². The lowest BCUT2D eigenvalue weighted by atomic mass is 10.2. The van der Waals surface area contributed by atoms with Gasteiger partial charge in [-0.25, -0.2) is 8.42 Å². The Morgan fingerprint density at radius 3 is 2.59 bits per heavy atom. The van der Waals surface area contributed by atoms with Crippen LogP contribution in [-0.2, 0) is 16.6 Å². The van der Waals surface area contributed by atoms with Crippen LogP contribution in [0, 0.1) is 13.8 Å². The monoisotopic (exact) mass is 340 g/mol. The van der Waals surface area contributed by atoms with Crippen LogP contribution >= 0.6 is 11.6 Å². The standard InChI is InChI=1S/C15H17ClN2O3S/c1-11-14(12(2)21-17-11)10-18(3)22(19,20)9-8-13-6-4-5-7-15(13)16/h4-9H,10H2,1-3H3. The summed E-state index contributed by atoms with van der Waals surface area (Å²) in [5.74, 6) is 0.620. The average molecular weight is 341 g/mol. The Balaban J connectivity index is 2.18. The summed E-state index contributed by atoms with van der Waals surface area (Å²) < 4.78 is 30.9. The number of hydrogen-bond acceptors (Lipinski definition) is 4. The summed E-state index contributed by atoms with van der Waals surface area (Å²) in [5, 5.41) is 5.47.